The molecule has 1 fully saturated rings. The Morgan fingerprint density at radius 3 is 2.52 bits per heavy atom. The molecule has 1 atom stereocenters. The fraction of sp³-hybridized carbons (Fsp3) is 0.238. The van der Waals surface area contributed by atoms with E-state index in [0.717, 1.165) is 15.6 Å². The summed E-state index contributed by atoms with van der Waals surface area (Å²) >= 11 is 3.43. The molecule has 0 aliphatic carbocycles. The fourth-order valence-electron chi connectivity index (χ4n) is 3.19. The van der Waals surface area contributed by atoms with E-state index in [1.165, 1.54) is 12.0 Å². The first-order chi connectivity index (χ1) is 12.9. The number of hydrogen-bond donors (Lipinski definition) is 1. The van der Waals surface area contributed by atoms with Crippen molar-refractivity contribution in [3.63, 3.8) is 0 Å². The molecule has 27 heavy (non-hydrogen) atoms. The van der Waals surface area contributed by atoms with Crippen LogP contribution in [0.2, 0.25) is 0 Å². The lowest BCUT2D eigenvalue weighted by atomic mass is 9.95. The maximum Gasteiger partial charge on any atom is 0.295 e. The average molecular weight is 430 g/mol. The molecule has 2 aromatic rings. The molecule has 5 nitrogen and oxygen atoms in total. The summed E-state index contributed by atoms with van der Waals surface area (Å²) in [6.07, 6.45) is 0. The van der Waals surface area contributed by atoms with Crippen molar-refractivity contribution in [2.45, 2.75) is 13.0 Å². The zero-order valence-electron chi connectivity index (χ0n) is 15.1. The maximum atomic E-state index is 12.8. The largest absolute Gasteiger partial charge is 0.507 e. The van der Waals surface area contributed by atoms with Crippen LogP contribution in [0.25, 0.3) is 5.76 Å². The molecule has 0 radical (unpaired) electrons. The third-order valence-electron chi connectivity index (χ3n) is 4.57. The van der Waals surface area contributed by atoms with Crippen molar-refractivity contribution in [1.82, 2.24) is 4.90 Å². The normalized spacial score (nSPS) is 18.9. The highest BCUT2D eigenvalue weighted by atomic mass is 79.9. The predicted octanol–water partition coefficient (Wildman–Crippen LogP) is 3.83. The molecule has 1 saturated heterocycles. The Morgan fingerprint density at radius 2 is 1.89 bits per heavy atom. The van der Waals surface area contributed by atoms with Gasteiger partial charge in [0, 0.05) is 23.7 Å². The molecule has 0 bridgehead atoms. The Balaban J connectivity index is 2.16. The summed E-state index contributed by atoms with van der Waals surface area (Å²) in [5, 5.41) is 10.9. The second-order valence-corrected chi connectivity index (χ2v) is 7.32. The van der Waals surface area contributed by atoms with Crippen LogP contribution in [-0.4, -0.2) is 42.0 Å². The first kappa shape index (κ1) is 19.3. The molecule has 1 amide bonds. The van der Waals surface area contributed by atoms with Crippen LogP contribution < -0.4 is 0 Å². The van der Waals surface area contributed by atoms with E-state index in [0.29, 0.717) is 12.2 Å². The van der Waals surface area contributed by atoms with Crippen LogP contribution in [0.15, 0.2) is 58.6 Å². The first-order valence-electron chi connectivity index (χ1n) is 8.54. The number of rotatable bonds is 5. The van der Waals surface area contributed by atoms with Crippen LogP contribution in [0.1, 0.15) is 22.7 Å². The van der Waals surface area contributed by atoms with E-state index in [-0.39, 0.29) is 17.9 Å². The number of aliphatic hydroxyl groups excluding tert-OH is 1. The molecule has 1 aliphatic rings. The average Bonchev–Trinajstić information content (AvgIpc) is 2.91. The molecular formula is C21H20BrNO4. The van der Waals surface area contributed by atoms with Crippen molar-refractivity contribution in [1.29, 1.82) is 0 Å². The molecule has 1 aliphatic heterocycles. The number of amides is 1. The minimum Gasteiger partial charge on any atom is -0.507 e. The number of likely N-dealkylation sites (tertiary alicyclic amines) is 1. The second kappa shape index (κ2) is 8.06. The molecular weight excluding hydrogens is 410 g/mol. The third kappa shape index (κ3) is 3.82. The van der Waals surface area contributed by atoms with Gasteiger partial charge in [-0.15, -0.1) is 0 Å². The zero-order chi connectivity index (χ0) is 19.6. The van der Waals surface area contributed by atoms with Gasteiger partial charge in [0.1, 0.15) is 5.76 Å². The minimum atomic E-state index is -0.686. The van der Waals surface area contributed by atoms with E-state index in [4.69, 9.17) is 4.74 Å². The van der Waals surface area contributed by atoms with Crippen molar-refractivity contribution in [3.8, 4) is 0 Å². The van der Waals surface area contributed by atoms with E-state index in [1.54, 1.807) is 12.1 Å². The number of Topliss-reactive ketones (excluding diaryl/α,β-unsaturated/α-hetero) is 1. The summed E-state index contributed by atoms with van der Waals surface area (Å²) in [4.78, 5) is 26.9. The summed E-state index contributed by atoms with van der Waals surface area (Å²) < 4.78 is 5.92. The van der Waals surface area contributed by atoms with Crippen molar-refractivity contribution in [2.24, 2.45) is 0 Å². The zero-order valence-corrected chi connectivity index (χ0v) is 16.7. The number of carbonyl (C=O) groups excluding carboxylic acids is 2. The van der Waals surface area contributed by atoms with Crippen LogP contribution in [-0.2, 0) is 14.3 Å². The van der Waals surface area contributed by atoms with Crippen LogP contribution >= 0.6 is 15.9 Å². The Morgan fingerprint density at radius 1 is 1.19 bits per heavy atom. The molecule has 0 spiro atoms. The summed E-state index contributed by atoms with van der Waals surface area (Å²) in [5.74, 6) is -1.49. The van der Waals surface area contributed by atoms with E-state index in [9.17, 15) is 14.7 Å². The maximum absolute atomic E-state index is 12.8. The Bertz CT molecular complexity index is 905. The first-order valence-corrected chi connectivity index (χ1v) is 9.33. The molecule has 140 valence electrons. The smallest absolute Gasteiger partial charge is 0.295 e. The summed E-state index contributed by atoms with van der Waals surface area (Å²) in [6, 6.07) is 13.9. The van der Waals surface area contributed by atoms with Gasteiger partial charge in [-0.1, -0.05) is 57.9 Å². The van der Waals surface area contributed by atoms with Gasteiger partial charge in [-0.25, -0.2) is 0 Å². The fourth-order valence-corrected chi connectivity index (χ4v) is 3.61. The van der Waals surface area contributed by atoms with E-state index < -0.39 is 17.7 Å². The number of aliphatic hydroxyl groups is 1. The molecule has 3 rings (SSSR count). The standard InChI is InChI=1S/C21H20BrNO4/c1-13-6-8-14(9-7-13)19(24)17-18(15-4-3-5-16(22)12-15)23(10-11-27-2)21(26)20(17)25/h3-9,12,18,24H,10-11H2,1-2H3/b19-17+. The van der Waals surface area contributed by atoms with Gasteiger partial charge in [-0.05, 0) is 24.6 Å². The highest BCUT2D eigenvalue weighted by molar-refractivity contribution is 9.10. The number of ether oxygens (including phenoxy) is 1. The molecule has 1 unspecified atom stereocenters. The number of hydrogen-bond acceptors (Lipinski definition) is 4. The Kier molecular flexibility index (Phi) is 5.77. The monoisotopic (exact) mass is 429 g/mol. The molecule has 2 aromatic carbocycles. The molecule has 0 saturated carbocycles. The number of carbonyl (C=O) groups is 2. The van der Waals surface area contributed by atoms with Crippen molar-refractivity contribution >= 4 is 33.4 Å². The number of ketones is 1. The van der Waals surface area contributed by atoms with Crippen molar-refractivity contribution < 1.29 is 19.4 Å². The molecule has 1 N–H and O–H groups in total. The number of halogens is 1. The molecule has 0 aromatic heterocycles. The lowest BCUT2D eigenvalue weighted by molar-refractivity contribution is -0.140. The highest BCUT2D eigenvalue weighted by Gasteiger charge is 2.45. The highest BCUT2D eigenvalue weighted by Crippen LogP contribution is 2.39. The lowest BCUT2D eigenvalue weighted by Gasteiger charge is -2.25. The third-order valence-corrected chi connectivity index (χ3v) is 5.06. The van der Waals surface area contributed by atoms with Crippen molar-refractivity contribution in [3.05, 3.63) is 75.3 Å². The topological polar surface area (TPSA) is 66.8 Å². The quantitative estimate of drug-likeness (QED) is 0.445. The number of aryl methyl sites for hydroxylation is 1. The van der Waals surface area contributed by atoms with Gasteiger partial charge in [-0.2, -0.15) is 0 Å². The van der Waals surface area contributed by atoms with Gasteiger partial charge < -0.3 is 14.7 Å². The number of methoxy groups -OCH3 is 1. The van der Waals surface area contributed by atoms with E-state index in [1.807, 2.05) is 43.3 Å². The summed E-state index contributed by atoms with van der Waals surface area (Å²) in [7, 11) is 1.54. The predicted molar refractivity (Wildman–Crippen MR) is 106 cm³/mol. The van der Waals surface area contributed by atoms with Crippen LogP contribution in [0.3, 0.4) is 0 Å². The van der Waals surface area contributed by atoms with E-state index in [2.05, 4.69) is 15.9 Å². The number of nitrogens with zero attached hydrogens (tertiary/aromatic N) is 1. The molecule has 6 heteroatoms. The van der Waals surface area contributed by atoms with Crippen LogP contribution in [0.4, 0.5) is 0 Å². The van der Waals surface area contributed by atoms with E-state index >= 15 is 0 Å². The van der Waals surface area contributed by atoms with Gasteiger partial charge in [-0.3, -0.25) is 9.59 Å². The van der Waals surface area contributed by atoms with Crippen LogP contribution in [0.5, 0.6) is 0 Å². The minimum absolute atomic E-state index is 0.0954. The van der Waals surface area contributed by atoms with Crippen molar-refractivity contribution in [2.75, 3.05) is 20.3 Å². The summed E-state index contributed by atoms with van der Waals surface area (Å²) in [5.41, 5.74) is 2.38. The molecule has 1 heterocycles. The van der Waals surface area contributed by atoms with Crippen LogP contribution in [0, 0.1) is 6.92 Å². The second-order valence-electron chi connectivity index (χ2n) is 6.41. The van der Waals surface area contributed by atoms with Gasteiger partial charge in [0.2, 0.25) is 0 Å². The summed E-state index contributed by atoms with van der Waals surface area (Å²) in [6.45, 7) is 2.49. The van der Waals surface area contributed by atoms with Gasteiger partial charge in [0.15, 0.2) is 0 Å². The Hall–Kier alpha value is -2.44. The van der Waals surface area contributed by atoms with Gasteiger partial charge >= 0.3 is 0 Å². The van der Waals surface area contributed by atoms with Gasteiger partial charge in [0.05, 0.1) is 18.2 Å². The Labute approximate surface area is 166 Å². The lowest BCUT2D eigenvalue weighted by Crippen LogP contribution is -2.32. The number of benzene rings is 2. The van der Waals surface area contributed by atoms with Gasteiger partial charge in [0.25, 0.3) is 11.7 Å². The SMILES string of the molecule is COCCN1C(=O)C(=O)/C(=C(/O)c2ccc(C)cc2)C1c1cccc(Br)c1.